The topological polar surface area (TPSA) is 46.9 Å². The SMILES string of the molecule is CC(C1=CC=C(CN(C)C)C(O)C1C)=C(C)c1ccc(CN(C)C)c(O)c1. The molecule has 1 aliphatic rings. The van der Waals surface area contributed by atoms with E-state index in [0.29, 0.717) is 12.3 Å². The molecular formula is C23H34N2O2. The van der Waals surface area contributed by atoms with Gasteiger partial charge in [0.1, 0.15) is 5.75 Å². The molecule has 0 saturated carbocycles. The first-order valence-electron chi connectivity index (χ1n) is 9.50. The van der Waals surface area contributed by atoms with Gasteiger partial charge in [0.15, 0.2) is 0 Å². The first-order chi connectivity index (χ1) is 12.6. The van der Waals surface area contributed by atoms with Crippen LogP contribution in [0.2, 0.25) is 0 Å². The van der Waals surface area contributed by atoms with E-state index < -0.39 is 6.10 Å². The van der Waals surface area contributed by atoms with Crippen molar-refractivity contribution in [3.63, 3.8) is 0 Å². The molecule has 1 aliphatic carbocycles. The second-order valence-corrected chi connectivity index (χ2v) is 8.17. The highest BCUT2D eigenvalue weighted by molar-refractivity contribution is 5.72. The minimum absolute atomic E-state index is 0.0431. The van der Waals surface area contributed by atoms with Crippen LogP contribution in [-0.2, 0) is 6.54 Å². The summed E-state index contributed by atoms with van der Waals surface area (Å²) < 4.78 is 0. The quantitative estimate of drug-likeness (QED) is 0.802. The van der Waals surface area contributed by atoms with Crippen LogP contribution in [0.3, 0.4) is 0 Å². The summed E-state index contributed by atoms with van der Waals surface area (Å²) in [6, 6.07) is 5.90. The standard InChI is InChI=1S/C23H34N2O2/c1-15(18-8-9-19(13-24(4)5)22(26)12-18)16(2)21-11-10-20(14-25(6)7)23(27)17(21)3/h8-12,17,23,26-27H,13-14H2,1-7H3. The van der Waals surface area contributed by atoms with Crippen molar-refractivity contribution in [2.45, 2.75) is 33.4 Å². The van der Waals surface area contributed by atoms with Crippen LogP contribution in [0.4, 0.5) is 0 Å². The smallest absolute Gasteiger partial charge is 0.120 e. The van der Waals surface area contributed by atoms with E-state index in [0.717, 1.165) is 40.0 Å². The second-order valence-electron chi connectivity index (χ2n) is 8.17. The van der Waals surface area contributed by atoms with Gasteiger partial charge in [-0.2, -0.15) is 0 Å². The normalized spacial score (nSPS) is 21.3. The van der Waals surface area contributed by atoms with Gasteiger partial charge in [-0.1, -0.05) is 31.2 Å². The predicted molar refractivity (Wildman–Crippen MR) is 114 cm³/mol. The number of rotatable bonds is 6. The Hall–Kier alpha value is -1.88. The van der Waals surface area contributed by atoms with Gasteiger partial charge in [0.2, 0.25) is 0 Å². The molecule has 0 aromatic heterocycles. The fourth-order valence-electron chi connectivity index (χ4n) is 3.62. The van der Waals surface area contributed by atoms with Crippen LogP contribution in [0.25, 0.3) is 5.57 Å². The van der Waals surface area contributed by atoms with Crippen LogP contribution in [-0.4, -0.2) is 60.9 Å². The lowest BCUT2D eigenvalue weighted by atomic mass is 9.80. The van der Waals surface area contributed by atoms with E-state index in [-0.39, 0.29) is 5.92 Å². The van der Waals surface area contributed by atoms with Gasteiger partial charge in [0.25, 0.3) is 0 Å². The lowest BCUT2D eigenvalue weighted by Gasteiger charge is -2.30. The Balaban J connectivity index is 2.35. The number of aliphatic hydroxyl groups excluding tert-OH is 1. The van der Waals surface area contributed by atoms with Crippen LogP contribution in [0.15, 0.2) is 47.1 Å². The molecule has 0 bridgehead atoms. The lowest BCUT2D eigenvalue weighted by molar-refractivity contribution is 0.158. The molecule has 0 saturated heterocycles. The summed E-state index contributed by atoms with van der Waals surface area (Å²) in [4.78, 5) is 4.11. The highest BCUT2D eigenvalue weighted by atomic mass is 16.3. The Morgan fingerprint density at radius 3 is 2.15 bits per heavy atom. The van der Waals surface area contributed by atoms with Crippen molar-refractivity contribution in [1.82, 2.24) is 9.80 Å². The van der Waals surface area contributed by atoms with Crippen molar-refractivity contribution in [3.05, 3.63) is 58.2 Å². The second kappa shape index (κ2) is 8.87. The minimum Gasteiger partial charge on any atom is -0.508 e. The van der Waals surface area contributed by atoms with E-state index in [4.69, 9.17) is 0 Å². The van der Waals surface area contributed by atoms with E-state index in [2.05, 4.69) is 43.9 Å². The number of hydrogen-bond acceptors (Lipinski definition) is 4. The summed E-state index contributed by atoms with van der Waals surface area (Å²) >= 11 is 0. The van der Waals surface area contributed by atoms with E-state index in [1.54, 1.807) is 0 Å². The number of benzene rings is 1. The Morgan fingerprint density at radius 2 is 1.59 bits per heavy atom. The molecule has 148 valence electrons. The van der Waals surface area contributed by atoms with Crippen LogP contribution >= 0.6 is 0 Å². The molecule has 27 heavy (non-hydrogen) atoms. The molecule has 4 nitrogen and oxygen atoms in total. The molecule has 2 rings (SSSR count). The van der Waals surface area contributed by atoms with Gasteiger partial charge in [-0.25, -0.2) is 0 Å². The van der Waals surface area contributed by atoms with Gasteiger partial charge in [-0.05, 0) is 76.0 Å². The lowest BCUT2D eigenvalue weighted by Crippen LogP contribution is -2.30. The van der Waals surface area contributed by atoms with Crippen LogP contribution in [0, 0.1) is 5.92 Å². The number of nitrogens with zero attached hydrogens (tertiary/aromatic N) is 2. The molecule has 2 atom stereocenters. The van der Waals surface area contributed by atoms with Gasteiger partial charge in [0, 0.05) is 24.6 Å². The molecule has 1 aromatic rings. The van der Waals surface area contributed by atoms with Gasteiger partial charge < -0.3 is 20.0 Å². The summed E-state index contributed by atoms with van der Waals surface area (Å²) in [7, 11) is 8.00. The average molecular weight is 371 g/mol. The maximum atomic E-state index is 10.7. The van der Waals surface area contributed by atoms with Gasteiger partial charge >= 0.3 is 0 Å². The van der Waals surface area contributed by atoms with Crippen molar-refractivity contribution < 1.29 is 10.2 Å². The van der Waals surface area contributed by atoms with Gasteiger partial charge in [-0.3, -0.25) is 0 Å². The van der Waals surface area contributed by atoms with Crippen LogP contribution in [0.5, 0.6) is 5.75 Å². The first kappa shape index (κ1) is 21.4. The largest absolute Gasteiger partial charge is 0.508 e. The van der Waals surface area contributed by atoms with Gasteiger partial charge in [0.05, 0.1) is 6.10 Å². The fraction of sp³-hybridized carbons (Fsp3) is 0.478. The molecule has 0 amide bonds. The molecule has 2 unspecified atom stereocenters. The van der Waals surface area contributed by atoms with Crippen LogP contribution in [0.1, 0.15) is 31.9 Å². The number of aliphatic hydroxyl groups is 1. The molecule has 0 radical (unpaired) electrons. The van der Waals surface area contributed by atoms with Crippen molar-refractivity contribution in [2.75, 3.05) is 34.7 Å². The summed E-state index contributed by atoms with van der Waals surface area (Å²) in [5, 5.41) is 21.1. The van der Waals surface area contributed by atoms with Gasteiger partial charge in [-0.15, -0.1) is 0 Å². The minimum atomic E-state index is -0.467. The molecule has 0 aliphatic heterocycles. The number of hydrogen-bond donors (Lipinski definition) is 2. The van der Waals surface area contributed by atoms with Crippen molar-refractivity contribution >= 4 is 5.57 Å². The Morgan fingerprint density at radius 1 is 0.963 bits per heavy atom. The highest BCUT2D eigenvalue weighted by Gasteiger charge is 2.26. The van der Waals surface area contributed by atoms with E-state index in [9.17, 15) is 10.2 Å². The third kappa shape index (κ3) is 5.10. The zero-order chi connectivity index (χ0) is 20.3. The summed E-state index contributed by atoms with van der Waals surface area (Å²) in [6.07, 6.45) is 3.72. The average Bonchev–Trinajstić information content (AvgIpc) is 2.59. The third-order valence-corrected chi connectivity index (χ3v) is 5.32. The van der Waals surface area contributed by atoms with Crippen molar-refractivity contribution in [2.24, 2.45) is 5.92 Å². The van der Waals surface area contributed by atoms with E-state index >= 15 is 0 Å². The zero-order valence-electron chi connectivity index (χ0n) is 17.7. The number of aromatic hydroxyl groups is 1. The molecule has 0 heterocycles. The predicted octanol–water partition coefficient (Wildman–Crippen LogP) is 3.67. The summed E-state index contributed by atoms with van der Waals surface area (Å²) in [5.74, 6) is 0.369. The maximum absolute atomic E-state index is 10.7. The monoisotopic (exact) mass is 370 g/mol. The number of phenols is 1. The van der Waals surface area contributed by atoms with Crippen LogP contribution < -0.4 is 0 Å². The molecular weight excluding hydrogens is 336 g/mol. The Kier molecular flexibility index (Phi) is 7.04. The zero-order valence-corrected chi connectivity index (χ0v) is 17.7. The molecule has 1 aromatic carbocycles. The third-order valence-electron chi connectivity index (χ3n) is 5.32. The molecule has 0 fully saturated rings. The summed E-state index contributed by atoms with van der Waals surface area (Å²) in [6.45, 7) is 7.72. The number of likely N-dealkylation sites (N-methyl/N-ethyl adjacent to an activating group) is 1. The fourth-order valence-corrected chi connectivity index (χ4v) is 3.62. The van der Waals surface area contributed by atoms with Crippen molar-refractivity contribution in [3.8, 4) is 5.75 Å². The Bertz CT molecular complexity index is 773. The number of allylic oxidation sites excluding steroid dienone is 4. The summed E-state index contributed by atoms with van der Waals surface area (Å²) in [5.41, 5.74) is 6.41. The highest BCUT2D eigenvalue weighted by Crippen LogP contribution is 2.35. The maximum Gasteiger partial charge on any atom is 0.120 e. The first-order valence-corrected chi connectivity index (χ1v) is 9.50. The molecule has 0 spiro atoms. The van der Waals surface area contributed by atoms with E-state index in [1.807, 2.05) is 45.2 Å². The van der Waals surface area contributed by atoms with E-state index in [1.165, 1.54) is 0 Å². The Labute approximate surface area is 164 Å². The molecule has 2 N–H and O–H groups in total. The number of phenolic OH excluding ortho intramolecular Hbond substituents is 1. The van der Waals surface area contributed by atoms with Crippen molar-refractivity contribution in [1.29, 1.82) is 0 Å². The molecule has 4 heteroatoms.